The normalized spacial score (nSPS) is 12.4. The molecule has 4 nitrogen and oxygen atoms in total. The molecular weight excluding hydrogens is 247 g/mol. The molecule has 0 heterocycles. The first-order valence-electron chi connectivity index (χ1n) is 6.46. The van der Waals surface area contributed by atoms with E-state index in [4.69, 9.17) is 10.2 Å². The van der Waals surface area contributed by atoms with Crippen LogP contribution in [0.4, 0.5) is 0 Å². The summed E-state index contributed by atoms with van der Waals surface area (Å²) in [6.45, 7) is 0. The minimum atomic E-state index is -0.706. The van der Waals surface area contributed by atoms with E-state index in [1.807, 2.05) is 0 Å². The number of carbonyl (C=O) groups is 2. The van der Waals surface area contributed by atoms with Crippen LogP contribution in [0.5, 0.6) is 0 Å². The number of rotatable bonds is 11. The third-order valence-corrected chi connectivity index (χ3v) is 4.73. The van der Waals surface area contributed by atoms with Gasteiger partial charge in [0.05, 0.1) is 0 Å². The van der Waals surface area contributed by atoms with Crippen LogP contribution in [0.3, 0.4) is 0 Å². The Kier molecular flexibility index (Phi) is 12.0. The van der Waals surface area contributed by atoms with Crippen molar-refractivity contribution in [3.63, 3.8) is 0 Å². The van der Waals surface area contributed by atoms with E-state index in [1.165, 1.54) is 12.8 Å². The van der Waals surface area contributed by atoms with Crippen molar-refractivity contribution in [2.24, 2.45) is 0 Å². The summed E-state index contributed by atoms with van der Waals surface area (Å²) in [6.07, 6.45) is 7.70. The van der Waals surface area contributed by atoms with Crippen molar-refractivity contribution < 1.29 is 19.8 Å². The molecule has 0 aliphatic carbocycles. The molecule has 0 aliphatic heterocycles. The van der Waals surface area contributed by atoms with Crippen molar-refractivity contribution in [2.45, 2.75) is 57.8 Å². The number of unbranched alkanes of at least 4 members (excludes halogenated alkanes) is 3. The second-order valence-corrected chi connectivity index (χ2v) is 7.29. The molecule has 1 unspecified atom stereocenters. The van der Waals surface area contributed by atoms with Crippen molar-refractivity contribution in [1.82, 2.24) is 0 Å². The molecule has 0 radical (unpaired) electrons. The predicted octanol–water partition coefficient (Wildman–Crippen LogP) is 2.62. The molecule has 0 amide bonds. The topological polar surface area (TPSA) is 74.6 Å². The average Bonchev–Trinajstić information content (AvgIpc) is 2.22. The molecule has 0 fully saturated rings. The molecule has 0 aromatic heterocycles. The minimum absolute atomic E-state index is 0.284. The Morgan fingerprint density at radius 1 is 0.824 bits per heavy atom. The molecular formula is C12H21KO4. The maximum absolute atomic E-state index is 10.3. The Hall–Kier alpha value is 0.576. The fourth-order valence-electron chi connectivity index (χ4n) is 1.87. The van der Waals surface area contributed by atoms with Gasteiger partial charge in [0.2, 0.25) is 0 Å². The van der Waals surface area contributed by atoms with Crippen molar-refractivity contribution >= 4 is 60.9 Å². The first-order valence-corrected chi connectivity index (χ1v) is 8.26. The molecule has 1 atom stereocenters. The van der Waals surface area contributed by atoms with Gasteiger partial charge in [-0.15, -0.1) is 0 Å². The zero-order valence-electron chi connectivity index (χ0n) is 10.7. The summed E-state index contributed by atoms with van der Waals surface area (Å²) >= 11 is 0.770. The van der Waals surface area contributed by atoms with Gasteiger partial charge in [0.1, 0.15) is 0 Å². The Balaban J connectivity index is 3.24. The molecule has 5 heteroatoms. The van der Waals surface area contributed by atoms with Crippen LogP contribution in [0.25, 0.3) is 0 Å². The van der Waals surface area contributed by atoms with Crippen molar-refractivity contribution in [3.05, 3.63) is 0 Å². The molecule has 0 rings (SSSR count). The van der Waals surface area contributed by atoms with E-state index in [2.05, 4.69) is 0 Å². The van der Waals surface area contributed by atoms with Crippen LogP contribution in [-0.4, -0.2) is 71.1 Å². The quantitative estimate of drug-likeness (QED) is 0.446. The predicted molar refractivity (Wildman–Crippen MR) is 66.3 cm³/mol. The standard InChI is InChI=1S/C12H21O4.K/c13-11(14)9-7-5-3-1-2-4-6-8-10-12(15)16;/h3H,1-2,4-10H2,(H,13,14)(H,15,16);. The fraction of sp³-hybridized carbons (Fsp3) is 0.833. The zero-order valence-corrected chi connectivity index (χ0v) is 13.8. The van der Waals surface area contributed by atoms with Gasteiger partial charge in [-0.3, -0.25) is 0 Å². The second kappa shape index (κ2) is 11.7. The van der Waals surface area contributed by atoms with E-state index in [9.17, 15) is 9.59 Å². The fourth-order valence-corrected chi connectivity index (χ4v) is 3.14. The Labute approximate surface area is 137 Å². The molecule has 0 saturated heterocycles. The van der Waals surface area contributed by atoms with Crippen LogP contribution in [-0.2, 0) is 9.59 Å². The van der Waals surface area contributed by atoms with Crippen LogP contribution >= 0.6 is 0 Å². The zero-order chi connectivity index (χ0) is 13.1. The van der Waals surface area contributed by atoms with Crippen LogP contribution in [0, 0.1) is 0 Å². The van der Waals surface area contributed by atoms with Crippen LogP contribution < -0.4 is 0 Å². The van der Waals surface area contributed by atoms with E-state index in [-0.39, 0.29) is 6.42 Å². The van der Waals surface area contributed by atoms with E-state index in [0.717, 1.165) is 81.1 Å². The van der Waals surface area contributed by atoms with Crippen molar-refractivity contribution in [2.75, 3.05) is 0 Å². The summed E-state index contributed by atoms with van der Waals surface area (Å²) in [4.78, 5) is 20.6. The molecule has 17 heavy (non-hydrogen) atoms. The summed E-state index contributed by atoms with van der Waals surface area (Å²) < 4.78 is 0.765. The molecule has 0 spiro atoms. The molecule has 0 aromatic carbocycles. The molecule has 0 aliphatic rings. The molecule has 94 valence electrons. The molecule has 2 N–H and O–H groups in total. The summed E-state index contributed by atoms with van der Waals surface area (Å²) in [7, 11) is 0. The molecule has 0 aromatic rings. The monoisotopic (exact) mass is 268 g/mol. The number of aliphatic carboxylic acids is 2. The van der Waals surface area contributed by atoms with E-state index in [0.29, 0.717) is 6.42 Å². The Bertz CT molecular complexity index is 231. The number of carboxylic acids is 2. The summed E-state index contributed by atoms with van der Waals surface area (Å²) in [6, 6.07) is 0. The van der Waals surface area contributed by atoms with Gasteiger partial charge in [0.15, 0.2) is 0 Å². The summed E-state index contributed by atoms with van der Waals surface area (Å²) in [5.41, 5.74) is 0. The van der Waals surface area contributed by atoms with E-state index >= 15 is 0 Å². The van der Waals surface area contributed by atoms with Crippen molar-refractivity contribution in [3.8, 4) is 0 Å². The second-order valence-electron chi connectivity index (χ2n) is 4.74. The van der Waals surface area contributed by atoms with Crippen LogP contribution in [0.15, 0.2) is 0 Å². The van der Waals surface area contributed by atoms with Gasteiger partial charge in [-0.05, 0) is 0 Å². The Morgan fingerprint density at radius 3 is 1.88 bits per heavy atom. The van der Waals surface area contributed by atoms with Crippen LogP contribution in [0.2, 0.25) is 0.0125 Å². The maximum atomic E-state index is 10.3. The van der Waals surface area contributed by atoms with Gasteiger partial charge in [0, 0.05) is 0 Å². The molecule has 0 saturated carbocycles. The van der Waals surface area contributed by atoms with Gasteiger partial charge in [-0.2, -0.15) is 0 Å². The number of hydrogen-bond acceptors (Lipinski definition) is 2. The summed E-state index contributed by atoms with van der Waals surface area (Å²) in [5.74, 6) is -1.40. The third-order valence-electron chi connectivity index (χ3n) is 2.93. The Morgan fingerprint density at radius 2 is 1.29 bits per heavy atom. The van der Waals surface area contributed by atoms with E-state index < -0.39 is 11.9 Å². The first kappa shape index (κ1) is 17.6. The van der Waals surface area contributed by atoms with Gasteiger partial charge in [-0.1, -0.05) is 0 Å². The van der Waals surface area contributed by atoms with Gasteiger partial charge < -0.3 is 0 Å². The molecule has 0 bridgehead atoms. The van der Waals surface area contributed by atoms with Gasteiger partial charge in [0.25, 0.3) is 0 Å². The number of hydrogen-bond donors (Lipinski definition) is 2. The first-order chi connectivity index (χ1) is 8.02. The summed E-state index contributed by atoms with van der Waals surface area (Å²) in [5, 5.41) is 17.0. The average molecular weight is 268 g/mol. The van der Waals surface area contributed by atoms with Gasteiger partial charge in [-0.25, -0.2) is 0 Å². The van der Waals surface area contributed by atoms with Gasteiger partial charge >= 0.3 is 138 Å². The van der Waals surface area contributed by atoms with E-state index in [1.54, 1.807) is 0 Å². The number of carboxylic acid groups (broad SMARTS) is 2. The van der Waals surface area contributed by atoms with Crippen molar-refractivity contribution in [1.29, 1.82) is 0 Å². The SMILES string of the molecule is O=C(O)CCCCCC[CH]([K])CCCC(=O)O. The van der Waals surface area contributed by atoms with Crippen LogP contribution in [0.1, 0.15) is 57.8 Å². The third kappa shape index (κ3) is 14.5.